The van der Waals surface area contributed by atoms with Gasteiger partial charge in [0, 0.05) is 59.5 Å². The van der Waals surface area contributed by atoms with Crippen LogP contribution in [0.15, 0.2) is 24.3 Å². The monoisotopic (exact) mass is 935 g/mol. The number of allylic oxidation sites excluding steroid dienone is 4. The third-order valence-electron chi connectivity index (χ3n) is 13.2. The summed E-state index contributed by atoms with van der Waals surface area (Å²) in [6.45, 7) is 23.2. The second-order valence-electron chi connectivity index (χ2n) is 18.2. The largest absolute Gasteiger partial charge is 1.00 e. The van der Waals surface area contributed by atoms with Crippen LogP contribution in [0.25, 0.3) is 0 Å². The van der Waals surface area contributed by atoms with E-state index in [2.05, 4.69) is 93.4 Å². The fraction of sp³-hybridized carbons (Fsp3) is 0.851. The van der Waals surface area contributed by atoms with E-state index in [1.165, 1.54) is 45.1 Å². The normalized spacial score (nSPS) is 24.9. The molecule has 367 valence electrons. The van der Waals surface area contributed by atoms with Gasteiger partial charge in [-0.2, -0.15) is 5.06 Å². The number of likely N-dealkylation sites (N-methyl/N-ethyl adjacent to an activating group) is 1. The van der Waals surface area contributed by atoms with Gasteiger partial charge in [0.05, 0.1) is 12.7 Å². The number of amides is 1. The Hall–Kier alpha value is -0.935. The first-order chi connectivity index (χ1) is 29.4. The van der Waals surface area contributed by atoms with Crippen molar-refractivity contribution in [1.82, 2.24) is 25.7 Å². The maximum atomic E-state index is 13.8. The standard InChI is InChI=1S/C32H60N4O4.C7H15NO.C7H12O.CN.B.ClH.H3NO.Na/c1-22-26-18-25(32(26,3)4)19-27(22)33-31(39)30-29(23(2)38)28(21-37)40-36(30)15-11-10-14-35(17-16-34(5)6)20-24-12-8-7-9-13-24;1-2-3-4-5-6-7-8-9;1-2-3-4-5-6-7-8;1-2;;;1-2;/h22-30,37-38H,7-21H2,1-6H3,(H,33,39);3-4,8-9H,2,5-7H2,1H3;3-4,7H,2,5-6H2,1H3;;;1H;2H,1H2;/q;;;-1;;;;+1/b;2*4-3-;;;;;/t22-,23-,25+,26-,27-,28-,29+,30-;;;;;;;/m0......./s1. The van der Waals surface area contributed by atoms with Crippen molar-refractivity contribution in [3.05, 3.63) is 30.9 Å². The van der Waals surface area contributed by atoms with Gasteiger partial charge in [-0.05, 0) is 127 Å². The van der Waals surface area contributed by atoms with Gasteiger partial charge in [0.1, 0.15) is 18.4 Å². The third-order valence-corrected chi connectivity index (χ3v) is 13.2. The molecule has 0 aromatic heterocycles. The number of carbonyl (C=O) groups is 2. The van der Waals surface area contributed by atoms with Crippen molar-refractivity contribution in [2.24, 2.45) is 40.9 Å². The number of hydrogen-bond donors (Lipinski definition) is 7. The SMILES string of the molecule is CC/C=C\CCC=O.CC/C=C\CCCNO.C[C@@H]1[C@@H](NC(=O)[C@@H]2[C@H]([C@H](C)O)[C@H](CO)ON2CCCCN(CCN(C)C)CC2CCCCC2)C[C@H]2C[C@@H]1C2(C)C.Cl.NO.[B].[C-]#N.[Na+]. The first-order valence-corrected chi connectivity index (χ1v) is 23.3. The molecule has 5 rings (SSSR count). The smallest absolute Gasteiger partial charge is 0.512 e. The molecule has 5 fully saturated rings. The zero-order valence-electron chi connectivity index (χ0n) is 41.5. The number of nitrogens with two attached hydrogens (primary N) is 1. The Morgan fingerprint density at radius 3 is 2.08 bits per heavy atom. The van der Waals surface area contributed by atoms with E-state index in [9.17, 15) is 19.8 Å². The molecule has 0 spiro atoms. The molecule has 14 nitrogen and oxygen atoms in total. The summed E-state index contributed by atoms with van der Waals surface area (Å²) >= 11 is 0. The number of halogens is 1. The van der Waals surface area contributed by atoms with Gasteiger partial charge in [-0.3, -0.25) is 9.63 Å². The van der Waals surface area contributed by atoms with E-state index in [-0.39, 0.29) is 68.9 Å². The van der Waals surface area contributed by atoms with Crippen LogP contribution in [0.5, 0.6) is 0 Å². The minimum absolute atomic E-state index is 0. The van der Waals surface area contributed by atoms with E-state index < -0.39 is 24.2 Å². The van der Waals surface area contributed by atoms with Gasteiger partial charge in [0.2, 0.25) is 5.91 Å². The Morgan fingerprint density at radius 1 is 0.969 bits per heavy atom. The zero-order valence-corrected chi connectivity index (χ0v) is 44.3. The van der Waals surface area contributed by atoms with Crippen LogP contribution >= 0.6 is 12.4 Å². The van der Waals surface area contributed by atoms with E-state index in [1.807, 2.05) is 6.08 Å². The van der Waals surface area contributed by atoms with Gasteiger partial charge in [-0.25, -0.2) is 11.4 Å². The van der Waals surface area contributed by atoms with Gasteiger partial charge < -0.3 is 52.4 Å². The van der Waals surface area contributed by atoms with Crippen molar-refractivity contribution < 1.29 is 64.6 Å². The number of rotatable bonds is 23. The van der Waals surface area contributed by atoms with E-state index >= 15 is 0 Å². The van der Waals surface area contributed by atoms with Crippen LogP contribution in [0.2, 0.25) is 0 Å². The minimum atomic E-state index is -0.744. The maximum absolute atomic E-state index is 13.8. The second-order valence-corrected chi connectivity index (χ2v) is 18.2. The summed E-state index contributed by atoms with van der Waals surface area (Å²) in [5.74, 6) is 5.57. The van der Waals surface area contributed by atoms with Crippen molar-refractivity contribution in [2.75, 3.05) is 60.0 Å². The molecule has 3 radical (unpaired) electrons. The summed E-state index contributed by atoms with van der Waals surface area (Å²) in [6.07, 6.45) is 24.9. The summed E-state index contributed by atoms with van der Waals surface area (Å²) in [7, 11) is 4.28. The number of hydrogen-bond acceptors (Lipinski definition) is 13. The Labute approximate surface area is 420 Å². The third kappa shape index (κ3) is 26.0. The Balaban J connectivity index is -0.000000628. The Kier molecular flexibility index (Phi) is 45.9. The van der Waals surface area contributed by atoms with E-state index in [1.54, 1.807) is 12.0 Å². The van der Waals surface area contributed by atoms with Gasteiger partial charge in [-0.1, -0.05) is 78.2 Å². The number of nitrogens with one attached hydrogen (secondary N) is 2. The summed E-state index contributed by atoms with van der Waals surface area (Å²) in [6, 6.07) is -0.415. The molecule has 2 bridgehead atoms. The van der Waals surface area contributed by atoms with Crippen molar-refractivity contribution in [2.45, 2.75) is 162 Å². The molecular formula is C47H91BClN7NaO7. The molecule has 64 heavy (non-hydrogen) atoms. The van der Waals surface area contributed by atoms with Crippen LogP contribution in [0.1, 0.15) is 138 Å². The molecule has 0 unspecified atom stereocenters. The molecule has 4 aliphatic carbocycles. The topological polar surface area (TPSA) is 208 Å². The molecule has 17 heteroatoms. The van der Waals surface area contributed by atoms with E-state index in [0.29, 0.717) is 42.7 Å². The number of aldehydes is 1. The molecule has 1 saturated heterocycles. The number of aliphatic hydroxyl groups is 2. The molecule has 5 aliphatic rings. The number of aliphatic hydroxyl groups excluding tert-OH is 2. The average Bonchev–Trinajstić information content (AvgIpc) is 3.65. The number of fused-ring (bicyclic) bond motifs is 2. The Morgan fingerprint density at radius 2 is 1.58 bits per heavy atom. The zero-order chi connectivity index (χ0) is 46.2. The van der Waals surface area contributed by atoms with Crippen LogP contribution in [-0.4, -0.2) is 140 Å². The van der Waals surface area contributed by atoms with Crippen LogP contribution < -0.4 is 46.3 Å². The van der Waals surface area contributed by atoms with Gasteiger partial charge in [-0.15, -0.1) is 12.4 Å². The fourth-order valence-electron chi connectivity index (χ4n) is 9.55. The predicted molar refractivity (Wildman–Crippen MR) is 257 cm³/mol. The summed E-state index contributed by atoms with van der Waals surface area (Å²) < 4.78 is 0. The van der Waals surface area contributed by atoms with Gasteiger partial charge >= 0.3 is 29.6 Å². The summed E-state index contributed by atoms with van der Waals surface area (Å²) in [4.78, 5) is 34.6. The first-order valence-electron chi connectivity index (χ1n) is 23.3. The molecule has 8 atom stereocenters. The maximum Gasteiger partial charge on any atom is 1.00 e. The van der Waals surface area contributed by atoms with Crippen LogP contribution in [0.4, 0.5) is 0 Å². The number of carbonyl (C=O) groups excluding carboxylic acids is 2. The van der Waals surface area contributed by atoms with E-state index in [4.69, 9.17) is 27.1 Å². The molecule has 8 N–H and O–H groups in total. The average molecular weight is 936 g/mol. The van der Waals surface area contributed by atoms with Crippen molar-refractivity contribution >= 4 is 33.0 Å². The van der Waals surface area contributed by atoms with Crippen LogP contribution in [-0.2, 0) is 14.4 Å². The van der Waals surface area contributed by atoms with Crippen molar-refractivity contribution in [1.29, 1.82) is 5.26 Å². The quantitative estimate of drug-likeness (QED) is 0.0196. The van der Waals surface area contributed by atoms with Gasteiger partial charge in [0.25, 0.3) is 0 Å². The van der Waals surface area contributed by atoms with Crippen LogP contribution in [0, 0.1) is 46.8 Å². The predicted octanol–water partition coefficient (Wildman–Crippen LogP) is 3.49. The van der Waals surface area contributed by atoms with Crippen molar-refractivity contribution in [3.63, 3.8) is 0 Å². The van der Waals surface area contributed by atoms with E-state index in [0.717, 1.165) is 83.2 Å². The van der Waals surface area contributed by atoms with Crippen molar-refractivity contribution in [3.8, 4) is 0 Å². The first kappa shape index (κ1) is 69.6. The summed E-state index contributed by atoms with van der Waals surface area (Å²) in [5.41, 5.74) is 2.48. The molecular weight excluding hydrogens is 844 g/mol. The summed E-state index contributed by atoms with van der Waals surface area (Å²) in [5, 5.41) is 46.8. The van der Waals surface area contributed by atoms with Crippen LogP contribution in [0.3, 0.4) is 0 Å². The molecule has 1 amide bonds. The second kappa shape index (κ2) is 42.2. The molecule has 4 saturated carbocycles. The minimum Gasteiger partial charge on any atom is -0.512 e. The molecule has 1 aliphatic heterocycles. The number of hydroxylamine groups is 3. The fourth-order valence-corrected chi connectivity index (χ4v) is 9.55. The number of nitrogens with zero attached hydrogens (tertiary/aromatic N) is 4. The van der Waals surface area contributed by atoms with Gasteiger partial charge in [0.15, 0.2) is 0 Å². The molecule has 0 aromatic carbocycles. The Bertz CT molecular complexity index is 1200. The molecule has 1 heterocycles. The molecule has 0 aromatic rings. The number of unbranched alkanes of at least 4 members (excludes halogenated alkanes) is 3.